The third-order valence-electron chi connectivity index (χ3n) is 6.13. The molecule has 11 heteroatoms. The van der Waals surface area contributed by atoms with Crippen LogP contribution in [0.3, 0.4) is 0 Å². The summed E-state index contributed by atoms with van der Waals surface area (Å²) in [6.45, 7) is 4.28. The monoisotopic (exact) mass is 547 g/mol. The highest BCUT2D eigenvalue weighted by Crippen LogP contribution is 2.35. The van der Waals surface area contributed by atoms with Gasteiger partial charge in [-0.15, -0.1) is 0 Å². The fourth-order valence-electron chi connectivity index (χ4n) is 4.21. The first kappa shape index (κ1) is 27.1. The molecule has 2 atom stereocenters. The maximum absolute atomic E-state index is 14.0. The number of amides is 1. The zero-order chi connectivity index (χ0) is 26.5. The molecule has 0 radical (unpaired) electrons. The van der Waals surface area contributed by atoms with Crippen LogP contribution in [0, 0.1) is 5.82 Å². The van der Waals surface area contributed by atoms with Gasteiger partial charge in [-0.25, -0.2) is 14.4 Å². The lowest BCUT2D eigenvalue weighted by Gasteiger charge is -2.19. The number of halogens is 3. The lowest BCUT2D eigenvalue weighted by molar-refractivity contribution is 0.0879. The summed E-state index contributed by atoms with van der Waals surface area (Å²) in [4.78, 5) is 23.5. The molecule has 1 aromatic heterocycles. The summed E-state index contributed by atoms with van der Waals surface area (Å²) < 4.78 is 19.8. The second-order valence-electron chi connectivity index (χ2n) is 8.91. The fourth-order valence-corrected chi connectivity index (χ4v) is 4.89. The Morgan fingerprint density at radius 2 is 2.03 bits per heavy atom. The Balaban J connectivity index is 1.46. The van der Waals surface area contributed by atoms with Gasteiger partial charge in [0.2, 0.25) is 0 Å². The minimum atomic E-state index is -0.772. The number of ether oxygens (including phenoxy) is 1. The van der Waals surface area contributed by atoms with Crippen LogP contribution >= 0.6 is 23.2 Å². The average molecular weight is 548 g/mol. The molecule has 0 saturated carbocycles. The Bertz CT molecular complexity index is 1270. The van der Waals surface area contributed by atoms with Crippen molar-refractivity contribution in [2.45, 2.75) is 32.0 Å². The summed E-state index contributed by atoms with van der Waals surface area (Å²) in [6.07, 6.45) is 2.32. The molecule has 2 aromatic carbocycles. The van der Waals surface area contributed by atoms with E-state index in [9.17, 15) is 14.3 Å². The predicted molar refractivity (Wildman–Crippen MR) is 141 cm³/mol. The topological polar surface area (TPSA) is 114 Å². The summed E-state index contributed by atoms with van der Waals surface area (Å²) >= 11 is 12.3. The van der Waals surface area contributed by atoms with Crippen molar-refractivity contribution in [1.82, 2.24) is 20.2 Å². The standard InChI is InChI=1S/C26H28Cl2FN5O3/c1-15(22-19(27)7-8-20(29)23(22)28)37-26-24(30)31-13-21(33-26)16-5-4-6-17(11-16)25(36)32-12-18(35)14-34-9-2-3-10-34/h4-8,11,13,15,18,35H,2-3,9-10,12,14H2,1H3,(H2,30,31)(H,32,36)/t15?,18-/m1/s1. The first-order chi connectivity index (χ1) is 17.7. The average Bonchev–Trinajstić information content (AvgIpc) is 3.39. The van der Waals surface area contributed by atoms with Gasteiger partial charge in [-0.1, -0.05) is 35.3 Å². The predicted octanol–water partition coefficient (Wildman–Crippen LogP) is 4.50. The first-order valence-electron chi connectivity index (χ1n) is 11.9. The minimum absolute atomic E-state index is 0.0151. The van der Waals surface area contributed by atoms with Crippen molar-refractivity contribution in [1.29, 1.82) is 0 Å². The quantitative estimate of drug-likeness (QED) is 0.338. The number of aliphatic hydroxyl groups excluding tert-OH is 1. The second-order valence-corrected chi connectivity index (χ2v) is 9.70. The number of benzene rings is 2. The van der Waals surface area contributed by atoms with E-state index < -0.39 is 18.0 Å². The summed E-state index contributed by atoms with van der Waals surface area (Å²) in [5.74, 6) is -0.893. The molecule has 8 nitrogen and oxygen atoms in total. The van der Waals surface area contributed by atoms with Gasteiger partial charge >= 0.3 is 0 Å². The van der Waals surface area contributed by atoms with Crippen molar-refractivity contribution in [2.75, 3.05) is 31.9 Å². The summed E-state index contributed by atoms with van der Waals surface area (Å²) in [5.41, 5.74) is 7.66. The number of hydrogen-bond donors (Lipinski definition) is 3. The van der Waals surface area contributed by atoms with Crippen LogP contribution < -0.4 is 15.8 Å². The highest BCUT2D eigenvalue weighted by atomic mass is 35.5. The number of nitrogens with one attached hydrogen (secondary N) is 1. The highest BCUT2D eigenvalue weighted by Gasteiger charge is 2.21. The van der Waals surface area contributed by atoms with Crippen LogP contribution in [0.5, 0.6) is 5.88 Å². The van der Waals surface area contributed by atoms with E-state index in [1.165, 1.54) is 18.3 Å². The number of nitrogens with zero attached hydrogens (tertiary/aromatic N) is 3. The normalized spacial score (nSPS) is 15.4. The molecule has 1 amide bonds. The number of carbonyl (C=O) groups excluding carboxylic acids is 1. The molecule has 196 valence electrons. The number of nitrogen functional groups attached to an aromatic ring is 1. The van der Waals surface area contributed by atoms with Crippen LogP contribution in [0.25, 0.3) is 11.3 Å². The van der Waals surface area contributed by atoms with Crippen LogP contribution in [0.15, 0.2) is 42.6 Å². The van der Waals surface area contributed by atoms with Crippen molar-refractivity contribution in [3.8, 4) is 17.1 Å². The van der Waals surface area contributed by atoms with Gasteiger partial charge < -0.3 is 25.8 Å². The zero-order valence-corrected chi connectivity index (χ0v) is 21.8. The molecule has 4 N–H and O–H groups in total. The Hall–Kier alpha value is -2.98. The van der Waals surface area contributed by atoms with Crippen LogP contribution in [0.2, 0.25) is 10.0 Å². The van der Waals surface area contributed by atoms with Gasteiger partial charge in [0.25, 0.3) is 11.8 Å². The summed E-state index contributed by atoms with van der Waals surface area (Å²) in [7, 11) is 0. The van der Waals surface area contributed by atoms with E-state index in [-0.39, 0.29) is 39.8 Å². The minimum Gasteiger partial charge on any atom is -0.467 e. The Morgan fingerprint density at radius 1 is 1.27 bits per heavy atom. The van der Waals surface area contributed by atoms with E-state index in [0.29, 0.717) is 23.4 Å². The summed E-state index contributed by atoms with van der Waals surface area (Å²) in [6, 6.07) is 9.39. The molecule has 1 unspecified atom stereocenters. The Kier molecular flexibility index (Phi) is 8.81. The number of carbonyl (C=O) groups is 1. The largest absolute Gasteiger partial charge is 0.467 e. The third-order valence-corrected chi connectivity index (χ3v) is 6.84. The van der Waals surface area contributed by atoms with Gasteiger partial charge in [-0.2, -0.15) is 0 Å². The van der Waals surface area contributed by atoms with Gasteiger partial charge in [0.05, 0.1) is 23.0 Å². The molecule has 37 heavy (non-hydrogen) atoms. The molecule has 1 aliphatic rings. The maximum Gasteiger partial charge on any atom is 0.258 e. The van der Waals surface area contributed by atoms with Crippen LogP contribution in [0.1, 0.15) is 41.8 Å². The number of aromatic nitrogens is 2. The smallest absolute Gasteiger partial charge is 0.258 e. The van der Waals surface area contributed by atoms with Crippen LogP contribution in [-0.2, 0) is 0 Å². The number of hydrogen-bond acceptors (Lipinski definition) is 7. The molecule has 1 aliphatic heterocycles. The van der Waals surface area contributed by atoms with Crippen LogP contribution in [0.4, 0.5) is 10.2 Å². The van der Waals surface area contributed by atoms with E-state index in [1.54, 1.807) is 31.2 Å². The number of rotatable bonds is 9. The second kappa shape index (κ2) is 12.0. The van der Waals surface area contributed by atoms with Crippen molar-refractivity contribution in [2.24, 2.45) is 0 Å². The summed E-state index contributed by atoms with van der Waals surface area (Å²) in [5, 5.41) is 13.1. The highest BCUT2D eigenvalue weighted by molar-refractivity contribution is 6.36. The van der Waals surface area contributed by atoms with E-state index in [2.05, 4.69) is 20.2 Å². The molecule has 1 saturated heterocycles. The van der Waals surface area contributed by atoms with Crippen molar-refractivity contribution in [3.63, 3.8) is 0 Å². The molecular formula is C26H28Cl2FN5O3. The van der Waals surface area contributed by atoms with Crippen molar-refractivity contribution in [3.05, 3.63) is 69.6 Å². The molecule has 0 bridgehead atoms. The molecular weight excluding hydrogens is 520 g/mol. The van der Waals surface area contributed by atoms with Gasteiger partial charge in [0, 0.05) is 34.8 Å². The number of likely N-dealkylation sites (tertiary alicyclic amines) is 1. The van der Waals surface area contributed by atoms with Gasteiger partial charge in [0.15, 0.2) is 5.82 Å². The zero-order valence-electron chi connectivity index (χ0n) is 20.3. The number of aliphatic hydroxyl groups is 1. The first-order valence-corrected chi connectivity index (χ1v) is 12.7. The van der Waals surface area contributed by atoms with E-state index in [4.69, 9.17) is 33.7 Å². The molecule has 0 spiro atoms. The Labute approximate surface area is 224 Å². The van der Waals surface area contributed by atoms with Gasteiger partial charge in [-0.3, -0.25) is 4.79 Å². The van der Waals surface area contributed by atoms with E-state index in [1.807, 2.05) is 0 Å². The lowest BCUT2D eigenvalue weighted by Crippen LogP contribution is -2.39. The van der Waals surface area contributed by atoms with Crippen LogP contribution in [-0.4, -0.2) is 58.2 Å². The molecule has 2 heterocycles. The fraction of sp³-hybridized carbons (Fsp3) is 0.346. The number of anilines is 1. The lowest BCUT2D eigenvalue weighted by atomic mass is 10.1. The van der Waals surface area contributed by atoms with E-state index in [0.717, 1.165) is 25.9 Å². The van der Waals surface area contributed by atoms with Gasteiger partial charge in [0.1, 0.15) is 11.9 Å². The van der Waals surface area contributed by atoms with Crippen molar-refractivity contribution < 1.29 is 19.0 Å². The van der Waals surface area contributed by atoms with Gasteiger partial charge in [-0.05, 0) is 57.1 Å². The molecule has 3 aromatic rings. The number of β-amino-alcohol motifs (C(OH)–C–C–N with tert-alkyl or cyclic N) is 1. The number of nitrogens with two attached hydrogens (primary N) is 1. The molecule has 1 fully saturated rings. The Morgan fingerprint density at radius 3 is 2.78 bits per heavy atom. The SMILES string of the molecule is CC(Oc1nc(-c2cccc(C(=O)NC[C@@H](O)CN3CCCC3)c2)cnc1N)c1c(Cl)ccc(F)c1Cl. The van der Waals surface area contributed by atoms with E-state index >= 15 is 0 Å². The van der Waals surface area contributed by atoms with Crippen molar-refractivity contribution >= 4 is 34.9 Å². The molecule has 0 aliphatic carbocycles. The third kappa shape index (κ3) is 6.67. The maximum atomic E-state index is 14.0. The molecule has 4 rings (SSSR count).